The Bertz CT molecular complexity index is 856. The molecule has 3 rings (SSSR count). The van der Waals surface area contributed by atoms with Crippen molar-refractivity contribution < 1.29 is 24.3 Å². The third-order valence-corrected chi connectivity index (χ3v) is 6.54. The number of carboxylic acid groups (broad SMARTS) is 1. The standard InChI is InChI=1S/C19H23N3O5S/c1-9(14(23)21-10(2)18(26)27)20-15(24)13-19(3,4)28-17-12-8-6-5-7-11(12)16(25)22(13)17/h5-10,13,17H,1-4H3,(H,20,24)(H,21,23)(H,26,27)/p-1/t9-,10-,13+,17+/m0/s1. The molecular formula is C19H22N3O5S-. The van der Waals surface area contributed by atoms with Crippen LogP contribution >= 0.6 is 11.8 Å². The molecule has 8 nitrogen and oxygen atoms in total. The smallest absolute Gasteiger partial charge is 0.256 e. The van der Waals surface area contributed by atoms with E-state index in [4.69, 9.17) is 0 Å². The van der Waals surface area contributed by atoms with Crippen LogP contribution in [0.25, 0.3) is 0 Å². The lowest BCUT2D eigenvalue weighted by molar-refractivity contribution is -0.307. The predicted molar refractivity (Wildman–Crippen MR) is 101 cm³/mol. The third-order valence-electron chi connectivity index (χ3n) is 5.01. The van der Waals surface area contributed by atoms with Gasteiger partial charge in [-0.3, -0.25) is 14.4 Å². The molecule has 1 aromatic carbocycles. The zero-order chi connectivity index (χ0) is 20.8. The Balaban J connectivity index is 1.77. The van der Waals surface area contributed by atoms with Gasteiger partial charge >= 0.3 is 0 Å². The molecule has 0 aliphatic carbocycles. The van der Waals surface area contributed by atoms with Crippen LogP contribution in [0.1, 0.15) is 49.0 Å². The van der Waals surface area contributed by atoms with Gasteiger partial charge in [-0.2, -0.15) is 0 Å². The lowest BCUT2D eigenvalue weighted by atomic mass is 10.0. The Morgan fingerprint density at radius 3 is 2.43 bits per heavy atom. The van der Waals surface area contributed by atoms with Crippen LogP contribution in [0.4, 0.5) is 0 Å². The lowest BCUT2D eigenvalue weighted by Gasteiger charge is -2.30. The molecule has 28 heavy (non-hydrogen) atoms. The van der Waals surface area contributed by atoms with E-state index in [2.05, 4.69) is 10.6 Å². The van der Waals surface area contributed by atoms with Crippen molar-refractivity contribution in [2.24, 2.45) is 0 Å². The van der Waals surface area contributed by atoms with Crippen LogP contribution in [-0.2, 0) is 14.4 Å². The predicted octanol–water partition coefficient (Wildman–Crippen LogP) is -0.206. The fourth-order valence-electron chi connectivity index (χ4n) is 3.56. The first-order valence-corrected chi connectivity index (χ1v) is 9.83. The molecule has 9 heteroatoms. The highest BCUT2D eigenvalue weighted by Gasteiger charge is 2.57. The number of hydrogen-bond acceptors (Lipinski definition) is 6. The summed E-state index contributed by atoms with van der Waals surface area (Å²) in [5.41, 5.74) is 1.47. The minimum absolute atomic E-state index is 0.207. The molecule has 1 saturated heterocycles. The molecule has 3 amide bonds. The first-order chi connectivity index (χ1) is 13.0. The average Bonchev–Trinajstić information content (AvgIpc) is 3.04. The number of thioether (sulfide) groups is 1. The summed E-state index contributed by atoms with van der Waals surface area (Å²) >= 11 is 1.53. The summed E-state index contributed by atoms with van der Waals surface area (Å²) in [6, 6.07) is 4.37. The minimum atomic E-state index is -1.41. The highest BCUT2D eigenvalue weighted by atomic mass is 32.2. The molecule has 0 saturated carbocycles. The number of rotatable bonds is 5. The molecule has 0 bridgehead atoms. The van der Waals surface area contributed by atoms with Crippen molar-refractivity contribution in [3.05, 3.63) is 35.4 Å². The second-order valence-corrected chi connectivity index (χ2v) is 9.29. The van der Waals surface area contributed by atoms with Gasteiger partial charge in [0, 0.05) is 10.3 Å². The van der Waals surface area contributed by atoms with E-state index < -0.39 is 40.7 Å². The number of carbonyl (C=O) groups is 4. The Labute approximate surface area is 167 Å². The van der Waals surface area contributed by atoms with Crippen molar-refractivity contribution in [3.63, 3.8) is 0 Å². The van der Waals surface area contributed by atoms with Crippen LogP contribution in [0.2, 0.25) is 0 Å². The van der Waals surface area contributed by atoms with Gasteiger partial charge in [-0.25, -0.2) is 0 Å². The Kier molecular flexibility index (Phi) is 5.14. The normalized spacial score (nSPS) is 24.1. The number of aliphatic carboxylic acids is 1. The lowest BCUT2D eigenvalue weighted by Crippen LogP contribution is -2.57. The second-order valence-electron chi connectivity index (χ2n) is 7.56. The van der Waals surface area contributed by atoms with Crippen LogP contribution < -0.4 is 15.7 Å². The molecule has 1 fully saturated rings. The first kappa shape index (κ1) is 20.2. The fraction of sp³-hybridized carbons (Fsp3) is 0.474. The van der Waals surface area contributed by atoms with Crippen molar-refractivity contribution in [1.82, 2.24) is 15.5 Å². The zero-order valence-electron chi connectivity index (χ0n) is 16.0. The van der Waals surface area contributed by atoms with E-state index >= 15 is 0 Å². The first-order valence-electron chi connectivity index (χ1n) is 8.95. The van der Waals surface area contributed by atoms with Gasteiger partial charge in [-0.15, -0.1) is 11.8 Å². The second kappa shape index (κ2) is 7.12. The van der Waals surface area contributed by atoms with Crippen LogP contribution in [0, 0.1) is 0 Å². The molecule has 0 unspecified atom stereocenters. The van der Waals surface area contributed by atoms with Gasteiger partial charge in [0.25, 0.3) is 5.91 Å². The molecule has 4 atom stereocenters. The van der Waals surface area contributed by atoms with Gasteiger partial charge in [0.15, 0.2) is 0 Å². The number of carboxylic acids is 1. The molecular weight excluding hydrogens is 382 g/mol. The van der Waals surface area contributed by atoms with E-state index in [9.17, 15) is 24.3 Å². The van der Waals surface area contributed by atoms with Gasteiger partial charge in [0.2, 0.25) is 11.8 Å². The zero-order valence-corrected chi connectivity index (χ0v) is 16.8. The van der Waals surface area contributed by atoms with Crippen LogP contribution in [-0.4, -0.2) is 51.5 Å². The highest BCUT2D eigenvalue weighted by molar-refractivity contribution is 8.01. The number of amides is 3. The molecule has 2 N–H and O–H groups in total. The van der Waals surface area contributed by atoms with E-state index in [-0.39, 0.29) is 11.3 Å². The topological polar surface area (TPSA) is 119 Å². The van der Waals surface area contributed by atoms with Crippen LogP contribution in [0.3, 0.4) is 0 Å². The van der Waals surface area contributed by atoms with Crippen molar-refractivity contribution in [3.8, 4) is 0 Å². The van der Waals surface area contributed by atoms with E-state index in [0.717, 1.165) is 5.56 Å². The van der Waals surface area contributed by atoms with E-state index in [0.29, 0.717) is 5.56 Å². The molecule has 0 spiro atoms. The Hall–Kier alpha value is -2.55. The molecule has 2 aliphatic rings. The SMILES string of the molecule is C[C@H](NC(=O)[C@H](C)NC(=O)[C@H]1N2C(=O)c3ccccc3[C@H]2SC1(C)C)C(=O)[O-]. The average molecular weight is 404 g/mol. The number of benzene rings is 1. The molecule has 1 aromatic rings. The Morgan fingerprint density at radius 2 is 1.79 bits per heavy atom. The van der Waals surface area contributed by atoms with E-state index in [1.165, 1.54) is 25.6 Å². The molecule has 150 valence electrons. The number of carbonyl (C=O) groups excluding carboxylic acids is 4. The van der Waals surface area contributed by atoms with Crippen LogP contribution in [0.15, 0.2) is 24.3 Å². The highest BCUT2D eigenvalue weighted by Crippen LogP contribution is 2.56. The van der Waals surface area contributed by atoms with Gasteiger partial charge < -0.3 is 25.4 Å². The van der Waals surface area contributed by atoms with Gasteiger partial charge in [0.05, 0.1) is 12.0 Å². The van der Waals surface area contributed by atoms with E-state index in [1.54, 1.807) is 17.0 Å². The van der Waals surface area contributed by atoms with Crippen molar-refractivity contribution in [1.29, 1.82) is 0 Å². The quantitative estimate of drug-likeness (QED) is 0.701. The molecule has 0 radical (unpaired) electrons. The third kappa shape index (κ3) is 3.34. The molecule has 2 aliphatic heterocycles. The Morgan fingerprint density at radius 1 is 1.14 bits per heavy atom. The van der Waals surface area contributed by atoms with Crippen molar-refractivity contribution in [2.45, 2.75) is 55.9 Å². The molecule has 2 heterocycles. The summed E-state index contributed by atoms with van der Waals surface area (Å²) in [5.74, 6) is -2.71. The number of hydrogen-bond donors (Lipinski definition) is 2. The largest absolute Gasteiger partial charge is 0.548 e. The number of nitrogens with one attached hydrogen (secondary N) is 2. The molecule has 0 aromatic heterocycles. The minimum Gasteiger partial charge on any atom is -0.548 e. The summed E-state index contributed by atoms with van der Waals surface area (Å²) in [5, 5.41) is 15.4. The van der Waals surface area contributed by atoms with Crippen molar-refractivity contribution >= 4 is 35.5 Å². The van der Waals surface area contributed by atoms with Gasteiger partial charge in [-0.1, -0.05) is 18.2 Å². The summed E-state index contributed by atoms with van der Waals surface area (Å²) in [7, 11) is 0. The van der Waals surface area contributed by atoms with Crippen LogP contribution in [0.5, 0.6) is 0 Å². The maximum Gasteiger partial charge on any atom is 0.256 e. The van der Waals surface area contributed by atoms with Gasteiger partial charge in [-0.05, 0) is 39.3 Å². The van der Waals surface area contributed by atoms with Crippen molar-refractivity contribution in [2.75, 3.05) is 0 Å². The summed E-state index contributed by atoms with van der Waals surface area (Å²) < 4.78 is -0.563. The maximum absolute atomic E-state index is 13.0. The number of fused-ring (bicyclic) bond motifs is 3. The monoisotopic (exact) mass is 404 g/mol. The summed E-state index contributed by atoms with van der Waals surface area (Å²) in [6.45, 7) is 6.52. The maximum atomic E-state index is 13.0. The summed E-state index contributed by atoms with van der Waals surface area (Å²) in [6.07, 6.45) is 0. The number of nitrogens with zero attached hydrogens (tertiary/aromatic N) is 1. The van der Waals surface area contributed by atoms with E-state index in [1.807, 2.05) is 26.0 Å². The summed E-state index contributed by atoms with van der Waals surface area (Å²) in [4.78, 5) is 50.4. The fourth-order valence-corrected chi connectivity index (χ4v) is 5.15. The van der Waals surface area contributed by atoms with Gasteiger partial charge in [0.1, 0.15) is 17.5 Å².